The number of hydrogen-bond donors (Lipinski definition) is 1. The lowest BCUT2D eigenvalue weighted by atomic mass is 9.83. The van der Waals surface area contributed by atoms with Crippen molar-refractivity contribution in [1.29, 1.82) is 0 Å². The SMILES string of the molecule is COCCCCCCNC(=O)CCC(C)(C)CC(C)=O. The van der Waals surface area contributed by atoms with Gasteiger partial charge in [-0.3, -0.25) is 4.79 Å². The van der Waals surface area contributed by atoms with Crippen molar-refractivity contribution >= 4 is 11.7 Å². The number of rotatable bonds is 12. The lowest BCUT2D eigenvalue weighted by molar-refractivity contribution is -0.123. The van der Waals surface area contributed by atoms with Crippen molar-refractivity contribution in [2.24, 2.45) is 5.41 Å². The zero-order valence-electron chi connectivity index (χ0n) is 13.6. The predicted molar refractivity (Wildman–Crippen MR) is 81.7 cm³/mol. The van der Waals surface area contributed by atoms with Crippen LogP contribution in [0.1, 0.15) is 65.7 Å². The first-order valence-corrected chi connectivity index (χ1v) is 7.62. The minimum Gasteiger partial charge on any atom is -0.385 e. The number of methoxy groups -OCH3 is 1. The fourth-order valence-corrected chi connectivity index (χ4v) is 2.26. The minimum absolute atomic E-state index is 0.0800. The van der Waals surface area contributed by atoms with Gasteiger partial charge >= 0.3 is 0 Å². The molecule has 0 heterocycles. The molecule has 4 nitrogen and oxygen atoms in total. The van der Waals surface area contributed by atoms with E-state index in [9.17, 15) is 9.59 Å². The smallest absolute Gasteiger partial charge is 0.220 e. The number of carbonyl (C=O) groups is 2. The lowest BCUT2D eigenvalue weighted by Crippen LogP contribution is -2.26. The molecule has 0 bridgehead atoms. The number of ether oxygens (including phenoxy) is 1. The van der Waals surface area contributed by atoms with Crippen molar-refractivity contribution in [1.82, 2.24) is 5.32 Å². The normalized spacial score (nSPS) is 11.4. The van der Waals surface area contributed by atoms with Gasteiger partial charge in [-0.15, -0.1) is 0 Å². The maximum Gasteiger partial charge on any atom is 0.220 e. The number of hydrogen-bond acceptors (Lipinski definition) is 3. The summed E-state index contributed by atoms with van der Waals surface area (Å²) < 4.78 is 4.98. The average molecular weight is 285 g/mol. The van der Waals surface area contributed by atoms with E-state index in [0.717, 1.165) is 45.3 Å². The molecule has 118 valence electrons. The average Bonchev–Trinajstić information content (AvgIpc) is 2.34. The van der Waals surface area contributed by atoms with Gasteiger partial charge in [-0.25, -0.2) is 0 Å². The van der Waals surface area contributed by atoms with E-state index < -0.39 is 0 Å². The number of unbranched alkanes of at least 4 members (excludes halogenated alkanes) is 3. The first kappa shape index (κ1) is 19.1. The molecule has 0 radical (unpaired) electrons. The summed E-state index contributed by atoms with van der Waals surface area (Å²) in [6.45, 7) is 7.25. The summed E-state index contributed by atoms with van der Waals surface area (Å²) in [5.41, 5.74) is -0.0800. The van der Waals surface area contributed by atoms with E-state index in [-0.39, 0.29) is 17.1 Å². The van der Waals surface area contributed by atoms with Gasteiger partial charge in [0.2, 0.25) is 5.91 Å². The highest BCUT2D eigenvalue weighted by Gasteiger charge is 2.20. The maximum absolute atomic E-state index is 11.7. The third-order valence-electron chi connectivity index (χ3n) is 3.35. The second-order valence-electron chi connectivity index (χ2n) is 6.30. The first-order valence-electron chi connectivity index (χ1n) is 7.62. The lowest BCUT2D eigenvalue weighted by Gasteiger charge is -2.22. The Labute approximate surface area is 123 Å². The molecule has 0 spiro atoms. The van der Waals surface area contributed by atoms with Crippen molar-refractivity contribution in [3.63, 3.8) is 0 Å². The van der Waals surface area contributed by atoms with E-state index in [1.54, 1.807) is 14.0 Å². The molecule has 0 aromatic heterocycles. The van der Waals surface area contributed by atoms with Crippen LogP contribution in [0, 0.1) is 5.41 Å². The molecule has 0 aliphatic rings. The van der Waals surface area contributed by atoms with Crippen molar-refractivity contribution in [3.8, 4) is 0 Å². The molecule has 0 aromatic rings. The van der Waals surface area contributed by atoms with Crippen molar-refractivity contribution < 1.29 is 14.3 Å². The highest BCUT2D eigenvalue weighted by atomic mass is 16.5. The Morgan fingerprint density at radius 1 is 1.10 bits per heavy atom. The standard InChI is InChI=1S/C16H31NO3/c1-14(18)13-16(2,3)10-9-15(19)17-11-7-5-6-8-12-20-4/h5-13H2,1-4H3,(H,17,19). The predicted octanol–water partition coefficient (Wildman–Crippen LogP) is 3.09. The van der Waals surface area contributed by atoms with E-state index in [1.165, 1.54) is 0 Å². The molecule has 0 rings (SSSR count). The van der Waals surface area contributed by atoms with Gasteiger partial charge in [0.15, 0.2) is 0 Å². The summed E-state index contributed by atoms with van der Waals surface area (Å²) in [4.78, 5) is 22.8. The van der Waals surface area contributed by atoms with Crippen LogP contribution in [-0.2, 0) is 14.3 Å². The zero-order valence-corrected chi connectivity index (χ0v) is 13.6. The summed E-state index contributed by atoms with van der Waals surface area (Å²) in [6, 6.07) is 0. The second kappa shape index (κ2) is 10.8. The van der Waals surface area contributed by atoms with Crippen LogP contribution in [0.4, 0.5) is 0 Å². The number of Topliss-reactive ketones (excluding diaryl/α,β-unsaturated/α-hetero) is 1. The Balaban J connectivity index is 3.56. The van der Waals surface area contributed by atoms with Gasteiger partial charge in [0.1, 0.15) is 5.78 Å². The second-order valence-corrected chi connectivity index (χ2v) is 6.30. The molecule has 0 aliphatic heterocycles. The molecule has 0 atom stereocenters. The highest BCUT2D eigenvalue weighted by molar-refractivity contribution is 5.77. The van der Waals surface area contributed by atoms with Gasteiger partial charge in [-0.1, -0.05) is 26.7 Å². The molecule has 0 saturated carbocycles. The molecule has 0 fully saturated rings. The van der Waals surface area contributed by atoms with Crippen LogP contribution in [-0.4, -0.2) is 32.0 Å². The van der Waals surface area contributed by atoms with Crippen LogP contribution in [0.2, 0.25) is 0 Å². The van der Waals surface area contributed by atoms with E-state index in [0.29, 0.717) is 12.8 Å². The maximum atomic E-state index is 11.7. The van der Waals surface area contributed by atoms with Crippen molar-refractivity contribution in [2.45, 2.75) is 65.7 Å². The molecular weight excluding hydrogens is 254 g/mol. The van der Waals surface area contributed by atoms with Crippen LogP contribution < -0.4 is 5.32 Å². The molecular formula is C16H31NO3. The molecule has 1 amide bonds. The number of nitrogens with one attached hydrogen (secondary N) is 1. The summed E-state index contributed by atoms with van der Waals surface area (Å²) >= 11 is 0. The molecule has 20 heavy (non-hydrogen) atoms. The Bertz CT molecular complexity index is 287. The molecule has 0 saturated heterocycles. The Hall–Kier alpha value is -0.900. The molecule has 0 unspecified atom stereocenters. The Kier molecular flexibility index (Phi) is 10.3. The van der Waals surface area contributed by atoms with Gasteiger partial charge in [-0.05, 0) is 31.6 Å². The fraction of sp³-hybridized carbons (Fsp3) is 0.875. The fourth-order valence-electron chi connectivity index (χ4n) is 2.26. The third kappa shape index (κ3) is 12.2. The van der Waals surface area contributed by atoms with Crippen LogP contribution in [0.25, 0.3) is 0 Å². The van der Waals surface area contributed by atoms with Gasteiger partial charge < -0.3 is 14.8 Å². The van der Waals surface area contributed by atoms with E-state index in [1.807, 2.05) is 13.8 Å². The van der Waals surface area contributed by atoms with Gasteiger partial charge in [-0.2, -0.15) is 0 Å². The summed E-state index contributed by atoms with van der Waals surface area (Å²) in [7, 11) is 1.72. The van der Waals surface area contributed by atoms with Gasteiger partial charge in [0, 0.05) is 33.1 Å². The van der Waals surface area contributed by atoms with Crippen LogP contribution in [0.3, 0.4) is 0 Å². The van der Waals surface area contributed by atoms with Crippen molar-refractivity contribution in [2.75, 3.05) is 20.3 Å². The topological polar surface area (TPSA) is 55.4 Å². The quantitative estimate of drug-likeness (QED) is 0.561. The van der Waals surface area contributed by atoms with Crippen molar-refractivity contribution in [3.05, 3.63) is 0 Å². The third-order valence-corrected chi connectivity index (χ3v) is 3.35. The van der Waals surface area contributed by atoms with E-state index in [4.69, 9.17) is 4.74 Å². The zero-order chi connectivity index (χ0) is 15.4. The Morgan fingerprint density at radius 2 is 1.75 bits per heavy atom. The van der Waals surface area contributed by atoms with Gasteiger partial charge in [0.05, 0.1) is 0 Å². The monoisotopic (exact) mass is 285 g/mol. The number of amides is 1. The molecule has 0 aliphatic carbocycles. The molecule has 4 heteroatoms. The summed E-state index contributed by atoms with van der Waals surface area (Å²) in [6.07, 6.45) is 6.18. The summed E-state index contributed by atoms with van der Waals surface area (Å²) in [5, 5.41) is 2.94. The van der Waals surface area contributed by atoms with Crippen LogP contribution in [0.15, 0.2) is 0 Å². The van der Waals surface area contributed by atoms with E-state index in [2.05, 4.69) is 5.32 Å². The largest absolute Gasteiger partial charge is 0.385 e. The van der Waals surface area contributed by atoms with Crippen LogP contribution in [0.5, 0.6) is 0 Å². The summed E-state index contributed by atoms with van der Waals surface area (Å²) in [5.74, 6) is 0.282. The van der Waals surface area contributed by atoms with Gasteiger partial charge in [0.25, 0.3) is 0 Å². The first-order chi connectivity index (χ1) is 9.37. The highest BCUT2D eigenvalue weighted by Crippen LogP contribution is 2.26. The number of ketones is 1. The van der Waals surface area contributed by atoms with Crippen LogP contribution >= 0.6 is 0 Å². The molecule has 1 N–H and O–H groups in total. The Morgan fingerprint density at radius 3 is 2.35 bits per heavy atom. The van der Waals surface area contributed by atoms with E-state index >= 15 is 0 Å². The number of carbonyl (C=O) groups excluding carboxylic acids is 2. The minimum atomic E-state index is -0.0800. The molecule has 0 aromatic carbocycles.